The molecule has 0 radical (unpaired) electrons. The van der Waals surface area contributed by atoms with Crippen molar-refractivity contribution < 1.29 is 19.6 Å². The number of carbonyl (C=O) groups excluding carboxylic acids is 1. The Labute approximate surface area is 182 Å². The number of benzene rings is 3. The Bertz CT molecular complexity index is 1160. The van der Waals surface area contributed by atoms with Gasteiger partial charge in [0.25, 0.3) is 11.6 Å². The summed E-state index contributed by atoms with van der Waals surface area (Å²) in [5.74, 6) is -0.580. The van der Waals surface area contributed by atoms with E-state index >= 15 is 0 Å². The van der Waals surface area contributed by atoms with E-state index in [1.165, 1.54) is 12.3 Å². The summed E-state index contributed by atoms with van der Waals surface area (Å²) in [6.07, 6.45) is 1.29. The maximum absolute atomic E-state index is 12.4. The predicted molar refractivity (Wildman–Crippen MR) is 119 cm³/mol. The Morgan fingerprint density at radius 2 is 2.00 bits per heavy atom. The number of halogens is 1. The number of hydrogen-bond acceptors (Lipinski definition) is 6. The third-order valence-corrected chi connectivity index (χ3v) is 4.38. The third kappa shape index (κ3) is 5.58. The van der Waals surface area contributed by atoms with Crippen LogP contribution in [0.2, 0.25) is 5.02 Å². The van der Waals surface area contributed by atoms with E-state index < -0.39 is 4.92 Å². The standard InChI is InChI=1S/C22H18ClN3O5/c1-2-31-20-12-19(26(29)30)10-15(21(20)27)13-24-17-7-4-8-18(11-17)25-22(28)14-5-3-6-16(23)9-14/h3-13,27H,2H2,1H3,(H,25,28). The van der Waals surface area contributed by atoms with Crippen LogP contribution in [-0.2, 0) is 0 Å². The lowest BCUT2D eigenvalue weighted by molar-refractivity contribution is -0.385. The molecule has 3 aromatic carbocycles. The van der Waals surface area contributed by atoms with Gasteiger partial charge in [-0.15, -0.1) is 0 Å². The quantitative estimate of drug-likeness (QED) is 0.292. The Hall–Kier alpha value is -3.91. The SMILES string of the molecule is CCOc1cc([N+](=O)[O-])cc(C=Nc2cccc(NC(=O)c3cccc(Cl)c3)c2)c1O. The van der Waals surface area contributed by atoms with Crippen LogP contribution in [0.15, 0.2) is 65.7 Å². The van der Waals surface area contributed by atoms with E-state index in [2.05, 4.69) is 10.3 Å². The van der Waals surface area contributed by atoms with Gasteiger partial charge in [0, 0.05) is 34.1 Å². The fourth-order valence-corrected chi connectivity index (χ4v) is 2.91. The number of aliphatic imine (C=N–C) groups is 1. The van der Waals surface area contributed by atoms with Crippen molar-refractivity contribution in [3.05, 3.63) is 86.9 Å². The highest BCUT2D eigenvalue weighted by Gasteiger charge is 2.16. The molecule has 0 saturated heterocycles. The summed E-state index contributed by atoms with van der Waals surface area (Å²) >= 11 is 5.92. The lowest BCUT2D eigenvalue weighted by atomic mass is 10.1. The van der Waals surface area contributed by atoms with Gasteiger partial charge in [-0.3, -0.25) is 19.9 Å². The molecule has 0 unspecified atom stereocenters. The van der Waals surface area contributed by atoms with Gasteiger partial charge >= 0.3 is 0 Å². The number of ether oxygens (including phenoxy) is 1. The molecule has 0 aromatic heterocycles. The van der Waals surface area contributed by atoms with Crippen LogP contribution in [0.4, 0.5) is 17.1 Å². The molecule has 3 aromatic rings. The smallest absolute Gasteiger partial charge is 0.274 e. The Morgan fingerprint density at radius 3 is 2.71 bits per heavy atom. The molecule has 158 valence electrons. The molecule has 0 aliphatic carbocycles. The number of phenolic OH excluding ortho intramolecular Hbond substituents is 1. The first-order valence-corrected chi connectivity index (χ1v) is 9.60. The van der Waals surface area contributed by atoms with Crippen molar-refractivity contribution in [2.24, 2.45) is 4.99 Å². The number of nitrogens with zero attached hydrogens (tertiary/aromatic N) is 2. The minimum atomic E-state index is -0.578. The molecule has 0 saturated carbocycles. The van der Waals surface area contributed by atoms with Gasteiger partial charge < -0.3 is 15.2 Å². The number of nitrogens with one attached hydrogen (secondary N) is 1. The van der Waals surface area contributed by atoms with Gasteiger partial charge in [-0.05, 0) is 43.3 Å². The summed E-state index contributed by atoms with van der Waals surface area (Å²) in [4.78, 5) is 27.2. The van der Waals surface area contributed by atoms with E-state index in [4.69, 9.17) is 16.3 Å². The molecule has 0 aliphatic rings. The average molecular weight is 440 g/mol. The van der Waals surface area contributed by atoms with Crippen molar-refractivity contribution in [1.82, 2.24) is 0 Å². The average Bonchev–Trinajstić information content (AvgIpc) is 2.74. The maximum atomic E-state index is 12.4. The van der Waals surface area contributed by atoms with E-state index in [9.17, 15) is 20.0 Å². The second-order valence-corrected chi connectivity index (χ2v) is 6.78. The van der Waals surface area contributed by atoms with Gasteiger partial charge in [-0.25, -0.2) is 0 Å². The fourth-order valence-electron chi connectivity index (χ4n) is 2.72. The molecule has 0 bridgehead atoms. The summed E-state index contributed by atoms with van der Waals surface area (Å²) in [5.41, 5.74) is 1.27. The largest absolute Gasteiger partial charge is 0.504 e. The number of carbonyl (C=O) groups is 1. The van der Waals surface area contributed by atoms with Gasteiger partial charge in [0.2, 0.25) is 0 Å². The lowest BCUT2D eigenvalue weighted by Gasteiger charge is -2.08. The normalized spacial score (nSPS) is 10.8. The number of rotatable bonds is 7. The van der Waals surface area contributed by atoms with Gasteiger partial charge in [0.05, 0.1) is 23.3 Å². The number of phenols is 1. The van der Waals surface area contributed by atoms with Crippen LogP contribution in [0.1, 0.15) is 22.8 Å². The molecule has 31 heavy (non-hydrogen) atoms. The van der Waals surface area contributed by atoms with Crippen molar-refractivity contribution in [3.63, 3.8) is 0 Å². The molecule has 9 heteroatoms. The van der Waals surface area contributed by atoms with Crippen LogP contribution in [0.25, 0.3) is 0 Å². The van der Waals surface area contributed by atoms with Gasteiger partial charge in [0.1, 0.15) is 0 Å². The summed E-state index contributed by atoms with van der Waals surface area (Å²) in [6.45, 7) is 1.94. The van der Waals surface area contributed by atoms with Crippen molar-refractivity contribution in [3.8, 4) is 11.5 Å². The highest BCUT2D eigenvalue weighted by atomic mass is 35.5. The second-order valence-electron chi connectivity index (χ2n) is 6.34. The third-order valence-electron chi connectivity index (χ3n) is 4.14. The topological polar surface area (TPSA) is 114 Å². The van der Waals surface area contributed by atoms with E-state index in [0.717, 1.165) is 6.07 Å². The van der Waals surface area contributed by atoms with Crippen molar-refractivity contribution in [2.45, 2.75) is 6.92 Å². The van der Waals surface area contributed by atoms with Crippen LogP contribution in [0.5, 0.6) is 11.5 Å². The van der Waals surface area contributed by atoms with Crippen LogP contribution in [0, 0.1) is 10.1 Å². The highest BCUT2D eigenvalue weighted by Crippen LogP contribution is 2.34. The van der Waals surface area contributed by atoms with Gasteiger partial charge in [0.15, 0.2) is 11.5 Å². The molecule has 0 aliphatic heterocycles. The van der Waals surface area contributed by atoms with E-state index in [0.29, 0.717) is 22.0 Å². The van der Waals surface area contributed by atoms with Crippen LogP contribution in [0.3, 0.4) is 0 Å². The first-order valence-electron chi connectivity index (χ1n) is 9.22. The monoisotopic (exact) mass is 439 g/mol. The van der Waals surface area contributed by atoms with Crippen molar-refractivity contribution >= 4 is 40.8 Å². The Morgan fingerprint density at radius 1 is 1.23 bits per heavy atom. The number of aromatic hydroxyl groups is 1. The summed E-state index contributed by atoms with van der Waals surface area (Å²) in [7, 11) is 0. The van der Waals surface area contributed by atoms with Crippen molar-refractivity contribution in [2.75, 3.05) is 11.9 Å². The number of non-ortho nitro benzene ring substituents is 1. The Balaban J connectivity index is 1.84. The number of anilines is 1. The van der Waals surface area contributed by atoms with Gasteiger partial charge in [-0.1, -0.05) is 23.7 Å². The second kappa shape index (κ2) is 9.73. The summed E-state index contributed by atoms with van der Waals surface area (Å²) in [6, 6.07) is 15.6. The minimum absolute atomic E-state index is 0.000635. The molecule has 3 rings (SSSR count). The zero-order valence-electron chi connectivity index (χ0n) is 16.4. The van der Waals surface area contributed by atoms with Gasteiger partial charge in [-0.2, -0.15) is 0 Å². The molecule has 0 fully saturated rings. The summed E-state index contributed by atoms with van der Waals surface area (Å²) in [5, 5.41) is 24.7. The number of amides is 1. The highest BCUT2D eigenvalue weighted by molar-refractivity contribution is 6.31. The number of hydrogen-bond donors (Lipinski definition) is 2. The molecule has 1 amide bonds. The van der Waals surface area contributed by atoms with Crippen LogP contribution < -0.4 is 10.1 Å². The zero-order chi connectivity index (χ0) is 22.4. The first kappa shape index (κ1) is 21.8. The molecule has 0 atom stereocenters. The predicted octanol–water partition coefficient (Wildman–Crippen LogP) is 5.36. The molecule has 2 N–H and O–H groups in total. The van der Waals surface area contributed by atoms with E-state index in [-0.39, 0.29) is 35.3 Å². The van der Waals surface area contributed by atoms with E-state index in [1.54, 1.807) is 55.5 Å². The van der Waals surface area contributed by atoms with E-state index in [1.807, 2.05) is 0 Å². The Kier molecular flexibility index (Phi) is 6.84. The fraction of sp³-hybridized carbons (Fsp3) is 0.0909. The van der Waals surface area contributed by atoms with Crippen molar-refractivity contribution in [1.29, 1.82) is 0 Å². The molecular formula is C22H18ClN3O5. The minimum Gasteiger partial charge on any atom is -0.504 e. The lowest BCUT2D eigenvalue weighted by Crippen LogP contribution is -2.11. The molecule has 0 spiro atoms. The number of nitro benzene ring substituents is 1. The molecular weight excluding hydrogens is 422 g/mol. The van der Waals surface area contributed by atoms with Crippen LogP contribution in [-0.4, -0.2) is 28.8 Å². The summed E-state index contributed by atoms with van der Waals surface area (Å²) < 4.78 is 5.26. The molecule has 0 heterocycles. The first-order chi connectivity index (χ1) is 14.9. The molecule has 8 nitrogen and oxygen atoms in total. The zero-order valence-corrected chi connectivity index (χ0v) is 17.2. The number of nitro groups is 1. The maximum Gasteiger partial charge on any atom is 0.274 e. The van der Waals surface area contributed by atoms with Crippen LogP contribution >= 0.6 is 11.6 Å².